The van der Waals surface area contributed by atoms with Crippen molar-refractivity contribution in [3.8, 4) is 0 Å². The maximum atomic E-state index is 13.9. The van der Waals surface area contributed by atoms with Crippen LogP contribution in [0.1, 0.15) is 67.6 Å². The van der Waals surface area contributed by atoms with Crippen molar-refractivity contribution in [2.24, 2.45) is 17.6 Å². The number of hydrogen-bond donors (Lipinski definition) is 6. The second kappa shape index (κ2) is 17.3. The third-order valence-corrected chi connectivity index (χ3v) is 8.73. The molecule has 2 fully saturated rings. The minimum atomic E-state index is -5.08. The summed E-state index contributed by atoms with van der Waals surface area (Å²) >= 11 is 3.55. The van der Waals surface area contributed by atoms with Gasteiger partial charge in [0.15, 0.2) is 0 Å². The molecule has 4 rings (SSSR count). The normalized spacial score (nSPS) is 17.2. The number of carboxylic acid groups (broad SMARTS) is 1. The number of piperidine rings is 1. The summed E-state index contributed by atoms with van der Waals surface area (Å²) in [7, 11) is 0. The number of carbonyl (C=O) groups excluding carboxylic acids is 2. The molecule has 246 valence electrons. The Balaban J connectivity index is 0.000000707. The standard InChI is InChI=1S/C30H40BrN5O2.C2HF3O2/c31-25-8-4-7-24(18-25)26(17-20-9-11-23(12-10-20)28(32)33)29(37)36-27(22-5-2-1-3-6-22)30(38)35-19-21-13-15-34-16-14-21;3-2(4,5)1(6)7/h4,7-12,18,21-22,26-27,34H,1-3,5-6,13-17,19H2,(H3,32,33)(H,35,38)(H,36,37);(H,6,7)/t26?,27-;/m0./s1. The number of carbonyl (C=O) groups is 3. The zero-order valence-electron chi connectivity index (χ0n) is 25.0. The van der Waals surface area contributed by atoms with Crippen molar-refractivity contribution in [1.29, 1.82) is 5.41 Å². The van der Waals surface area contributed by atoms with Gasteiger partial charge in [-0.2, -0.15) is 13.2 Å². The number of rotatable bonds is 10. The van der Waals surface area contributed by atoms with Crippen LogP contribution in [0.2, 0.25) is 0 Å². The molecule has 2 aliphatic rings. The van der Waals surface area contributed by atoms with E-state index < -0.39 is 24.1 Å². The van der Waals surface area contributed by atoms with Gasteiger partial charge in [-0.05, 0) is 80.3 Å². The Labute approximate surface area is 269 Å². The third-order valence-electron chi connectivity index (χ3n) is 8.24. The van der Waals surface area contributed by atoms with Crippen molar-refractivity contribution in [1.82, 2.24) is 16.0 Å². The fourth-order valence-corrected chi connectivity index (χ4v) is 6.12. The molecule has 1 heterocycles. The van der Waals surface area contributed by atoms with Gasteiger partial charge in [0.2, 0.25) is 11.8 Å². The molecule has 1 aliphatic carbocycles. The van der Waals surface area contributed by atoms with E-state index in [1.165, 1.54) is 6.42 Å². The summed E-state index contributed by atoms with van der Waals surface area (Å²) in [6.45, 7) is 2.65. The minimum absolute atomic E-state index is 0.0173. The topological polar surface area (TPSA) is 157 Å². The largest absolute Gasteiger partial charge is 0.490 e. The summed E-state index contributed by atoms with van der Waals surface area (Å²) in [5, 5.41) is 24.6. The Morgan fingerprint density at radius 2 is 1.62 bits per heavy atom. The Bertz CT molecular complexity index is 1300. The van der Waals surface area contributed by atoms with Crippen LogP contribution in [0.3, 0.4) is 0 Å². The summed E-state index contributed by atoms with van der Waals surface area (Å²) < 4.78 is 32.6. The molecule has 1 aliphatic heterocycles. The van der Waals surface area contributed by atoms with E-state index in [-0.39, 0.29) is 23.6 Å². The lowest BCUT2D eigenvalue weighted by Gasteiger charge is -2.32. The van der Waals surface area contributed by atoms with Crippen LogP contribution in [0.4, 0.5) is 13.2 Å². The number of amides is 2. The average molecular weight is 697 g/mol. The van der Waals surface area contributed by atoms with Gasteiger partial charge < -0.3 is 26.8 Å². The summed E-state index contributed by atoms with van der Waals surface area (Å²) in [6.07, 6.45) is 2.81. The molecule has 0 aromatic heterocycles. The predicted octanol–water partition coefficient (Wildman–Crippen LogP) is 4.87. The van der Waals surface area contributed by atoms with E-state index in [9.17, 15) is 22.8 Å². The van der Waals surface area contributed by atoms with Crippen LogP contribution < -0.4 is 21.7 Å². The number of amidine groups is 1. The highest BCUT2D eigenvalue weighted by atomic mass is 79.9. The van der Waals surface area contributed by atoms with E-state index in [4.69, 9.17) is 21.0 Å². The summed E-state index contributed by atoms with van der Waals surface area (Å²) in [5.41, 5.74) is 8.14. The molecule has 13 heteroatoms. The highest BCUT2D eigenvalue weighted by Crippen LogP contribution is 2.29. The Kier molecular flexibility index (Phi) is 13.8. The molecule has 2 atom stereocenters. The van der Waals surface area contributed by atoms with Crippen molar-refractivity contribution in [2.45, 2.75) is 69.5 Å². The van der Waals surface area contributed by atoms with Gasteiger partial charge in [-0.3, -0.25) is 15.0 Å². The van der Waals surface area contributed by atoms with Crippen LogP contribution in [0, 0.1) is 17.2 Å². The highest BCUT2D eigenvalue weighted by Gasteiger charge is 2.38. The third kappa shape index (κ3) is 11.8. The van der Waals surface area contributed by atoms with Crippen LogP contribution in [0.15, 0.2) is 53.0 Å². The fourth-order valence-electron chi connectivity index (χ4n) is 5.70. The van der Waals surface area contributed by atoms with Crippen LogP contribution in [0.25, 0.3) is 0 Å². The Morgan fingerprint density at radius 3 is 2.18 bits per heavy atom. The molecule has 2 amide bonds. The first-order valence-corrected chi connectivity index (χ1v) is 15.9. The molecule has 1 saturated carbocycles. The van der Waals surface area contributed by atoms with Crippen LogP contribution in [0.5, 0.6) is 0 Å². The number of benzene rings is 2. The van der Waals surface area contributed by atoms with Crippen LogP contribution >= 0.6 is 15.9 Å². The second-order valence-electron chi connectivity index (χ2n) is 11.5. The van der Waals surface area contributed by atoms with Crippen molar-refractivity contribution in [3.05, 3.63) is 69.7 Å². The van der Waals surface area contributed by atoms with Crippen molar-refractivity contribution in [2.75, 3.05) is 19.6 Å². The predicted molar refractivity (Wildman–Crippen MR) is 169 cm³/mol. The first-order valence-electron chi connectivity index (χ1n) is 15.1. The van der Waals surface area contributed by atoms with Crippen LogP contribution in [-0.2, 0) is 20.8 Å². The number of aliphatic carboxylic acids is 1. The molecule has 0 radical (unpaired) electrons. The monoisotopic (exact) mass is 695 g/mol. The lowest BCUT2D eigenvalue weighted by Crippen LogP contribution is -2.53. The number of nitrogen functional groups attached to an aromatic ring is 1. The van der Waals surface area contributed by atoms with Gasteiger partial charge in [-0.15, -0.1) is 0 Å². The number of carboxylic acids is 1. The van der Waals surface area contributed by atoms with E-state index in [1.807, 2.05) is 48.5 Å². The zero-order chi connectivity index (χ0) is 33.0. The molecule has 1 unspecified atom stereocenters. The number of hydrogen-bond acceptors (Lipinski definition) is 5. The van der Waals surface area contributed by atoms with Gasteiger partial charge in [-0.1, -0.05) is 71.6 Å². The van der Waals surface area contributed by atoms with Gasteiger partial charge in [0.25, 0.3) is 0 Å². The molecule has 2 aromatic rings. The molecule has 1 saturated heterocycles. The first kappa shape index (κ1) is 36.0. The molecule has 7 N–H and O–H groups in total. The lowest BCUT2D eigenvalue weighted by atomic mass is 9.82. The molecule has 2 aromatic carbocycles. The molecular formula is C32H41BrF3N5O4. The zero-order valence-corrected chi connectivity index (χ0v) is 26.6. The smallest absolute Gasteiger partial charge is 0.475 e. The quantitative estimate of drug-likeness (QED) is 0.154. The van der Waals surface area contributed by atoms with Gasteiger partial charge in [0, 0.05) is 16.6 Å². The maximum absolute atomic E-state index is 13.9. The summed E-state index contributed by atoms with van der Waals surface area (Å²) in [6, 6.07) is 14.7. The first-order chi connectivity index (χ1) is 21.3. The Morgan fingerprint density at radius 1 is 1.00 bits per heavy atom. The molecule has 0 bridgehead atoms. The van der Waals surface area contributed by atoms with E-state index in [1.54, 1.807) is 0 Å². The van der Waals surface area contributed by atoms with E-state index in [0.29, 0.717) is 24.4 Å². The number of halogens is 4. The molecule has 9 nitrogen and oxygen atoms in total. The molecule has 0 spiro atoms. The fraction of sp³-hybridized carbons (Fsp3) is 0.500. The molecule has 45 heavy (non-hydrogen) atoms. The van der Waals surface area contributed by atoms with Crippen molar-refractivity contribution < 1.29 is 32.7 Å². The van der Waals surface area contributed by atoms with E-state index in [0.717, 1.165) is 67.2 Å². The second-order valence-corrected chi connectivity index (χ2v) is 12.5. The van der Waals surface area contributed by atoms with Gasteiger partial charge in [-0.25, -0.2) is 4.79 Å². The van der Waals surface area contributed by atoms with Crippen molar-refractivity contribution in [3.63, 3.8) is 0 Å². The average Bonchev–Trinajstić information content (AvgIpc) is 3.02. The van der Waals surface area contributed by atoms with E-state index in [2.05, 4.69) is 31.9 Å². The van der Waals surface area contributed by atoms with Gasteiger partial charge >= 0.3 is 12.1 Å². The van der Waals surface area contributed by atoms with Crippen molar-refractivity contribution >= 4 is 39.5 Å². The number of nitrogens with two attached hydrogens (primary N) is 1. The van der Waals surface area contributed by atoms with Gasteiger partial charge in [0.1, 0.15) is 11.9 Å². The summed E-state index contributed by atoms with van der Waals surface area (Å²) in [5.74, 6) is -2.75. The SMILES string of the molecule is N=C(N)c1ccc(CC(C(=O)N[C@H](C(=O)NCC2CCNCC2)C2CCCCC2)c2cccc(Br)c2)cc1.O=C(O)C(F)(F)F. The lowest BCUT2D eigenvalue weighted by molar-refractivity contribution is -0.192. The van der Waals surface area contributed by atoms with Crippen LogP contribution in [-0.4, -0.2) is 60.6 Å². The number of alkyl halides is 3. The highest BCUT2D eigenvalue weighted by molar-refractivity contribution is 9.10. The minimum Gasteiger partial charge on any atom is -0.475 e. The van der Waals surface area contributed by atoms with Gasteiger partial charge in [0.05, 0.1) is 5.92 Å². The van der Waals surface area contributed by atoms with E-state index >= 15 is 0 Å². The Hall–Kier alpha value is -3.45. The summed E-state index contributed by atoms with van der Waals surface area (Å²) in [4.78, 5) is 36.3. The number of nitrogens with one attached hydrogen (secondary N) is 4. The maximum Gasteiger partial charge on any atom is 0.490 e. The molecular weight excluding hydrogens is 655 g/mol.